The van der Waals surface area contributed by atoms with Crippen LogP contribution in [0.5, 0.6) is 0 Å². The van der Waals surface area contributed by atoms with E-state index in [9.17, 15) is 0 Å². The minimum absolute atomic E-state index is 0.400. The summed E-state index contributed by atoms with van der Waals surface area (Å²) in [6, 6.07) is 6.49. The maximum Gasteiger partial charge on any atom is 0.136 e. The molecular weight excluding hydrogens is 262 g/mol. The number of aromatic nitrogens is 4. The average Bonchev–Trinajstić information content (AvgIpc) is 3.10. The van der Waals surface area contributed by atoms with Gasteiger partial charge in [0, 0.05) is 37.1 Å². The first-order chi connectivity index (χ1) is 10.3. The van der Waals surface area contributed by atoms with E-state index in [2.05, 4.69) is 26.0 Å². The Morgan fingerprint density at radius 3 is 3.24 bits per heavy atom. The zero-order valence-electron chi connectivity index (χ0n) is 12.2. The van der Waals surface area contributed by atoms with E-state index in [1.54, 1.807) is 0 Å². The van der Waals surface area contributed by atoms with Gasteiger partial charge in [0.25, 0.3) is 0 Å². The van der Waals surface area contributed by atoms with Crippen molar-refractivity contribution in [1.82, 2.24) is 24.5 Å². The van der Waals surface area contributed by atoms with Crippen molar-refractivity contribution in [1.29, 1.82) is 0 Å². The Balaban J connectivity index is 1.55. The van der Waals surface area contributed by atoms with E-state index >= 15 is 0 Å². The van der Waals surface area contributed by atoms with Gasteiger partial charge in [-0.05, 0) is 31.4 Å². The molecule has 108 valence electrons. The first-order valence-electron chi connectivity index (χ1n) is 7.48. The maximum absolute atomic E-state index is 4.44. The molecule has 1 unspecified atom stereocenters. The number of imidazole rings is 1. The van der Waals surface area contributed by atoms with E-state index in [0.29, 0.717) is 6.04 Å². The summed E-state index contributed by atoms with van der Waals surface area (Å²) in [7, 11) is 2.03. The first-order valence-corrected chi connectivity index (χ1v) is 7.48. The Hall–Kier alpha value is -2.14. The first kappa shape index (κ1) is 12.6. The molecule has 1 aliphatic rings. The zero-order valence-corrected chi connectivity index (χ0v) is 12.2. The summed E-state index contributed by atoms with van der Waals surface area (Å²) in [6.45, 7) is 0.824. The molecule has 5 heteroatoms. The lowest BCUT2D eigenvalue weighted by Crippen LogP contribution is -2.25. The number of fused-ring (bicyclic) bond motifs is 2. The van der Waals surface area contributed by atoms with Crippen molar-refractivity contribution in [2.75, 3.05) is 0 Å². The second-order valence-electron chi connectivity index (χ2n) is 5.67. The van der Waals surface area contributed by atoms with Crippen molar-refractivity contribution in [2.45, 2.75) is 31.8 Å². The summed E-state index contributed by atoms with van der Waals surface area (Å²) in [5.41, 5.74) is 4.93. The summed E-state index contributed by atoms with van der Waals surface area (Å²) in [6.07, 6.45) is 9.57. The van der Waals surface area contributed by atoms with Gasteiger partial charge < -0.3 is 9.72 Å². The third kappa shape index (κ3) is 2.14. The van der Waals surface area contributed by atoms with Crippen LogP contribution in [-0.2, 0) is 20.0 Å². The van der Waals surface area contributed by atoms with Gasteiger partial charge in [0.2, 0.25) is 0 Å². The highest BCUT2D eigenvalue weighted by Crippen LogP contribution is 2.29. The van der Waals surface area contributed by atoms with Crippen LogP contribution in [0.15, 0.2) is 36.8 Å². The summed E-state index contributed by atoms with van der Waals surface area (Å²) >= 11 is 0. The van der Waals surface area contributed by atoms with Gasteiger partial charge in [-0.25, -0.2) is 4.98 Å². The van der Waals surface area contributed by atoms with E-state index in [1.807, 2.05) is 42.3 Å². The molecule has 0 aliphatic heterocycles. The molecule has 0 amide bonds. The quantitative estimate of drug-likeness (QED) is 0.801. The van der Waals surface area contributed by atoms with Crippen LogP contribution in [0.1, 0.15) is 35.8 Å². The second kappa shape index (κ2) is 5.00. The molecule has 3 aromatic heterocycles. The van der Waals surface area contributed by atoms with Crippen molar-refractivity contribution >= 4 is 5.65 Å². The van der Waals surface area contributed by atoms with Crippen LogP contribution in [0.4, 0.5) is 0 Å². The van der Waals surface area contributed by atoms with Crippen LogP contribution in [0, 0.1) is 0 Å². The molecule has 1 N–H and O–H groups in total. The maximum atomic E-state index is 4.44. The van der Waals surface area contributed by atoms with E-state index in [1.165, 1.54) is 29.8 Å². The highest BCUT2D eigenvalue weighted by Gasteiger charge is 2.23. The molecule has 1 aliphatic carbocycles. The van der Waals surface area contributed by atoms with Crippen LogP contribution >= 0.6 is 0 Å². The molecule has 0 spiro atoms. The van der Waals surface area contributed by atoms with E-state index in [4.69, 9.17) is 0 Å². The molecule has 3 aromatic rings. The average molecular weight is 281 g/mol. The predicted molar refractivity (Wildman–Crippen MR) is 80.9 cm³/mol. The third-order valence-corrected chi connectivity index (χ3v) is 4.40. The normalized spacial score (nSPS) is 18.0. The Bertz CT molecular complexity index is 770. The SMILES string of the molecule is Cn1ncc2c1CCCC2NCc1cnc2ccccn12. The van der Waals surface area contributed by atoms with Gasteiger partial charge in [0.15, 0.2) is 0 Å². The second-order valence-corrected chi connectivity index (χ2v) is 5.67. The minimum atomic E-state index is 0.400. The van der Waals surface area contributed by atoms with Gasteiger partial charge >= 0.3 is 0 Å². The summed E-state index contributed by atoms with van der Waals surface area (Å²) in [5.74, 6) is 0. The molecule has 0 aromatic carbocycles. The lowest BCUT2D eigenvalue weighted by atomic mass is 9.93. The zero-order chi connectivity index (χ0) is 14.2. The lowest BCUT2D eigenvalue weighted by Gasteiger charge is -2.23. The largest absolute Gasteiger partial charge is 0.304 e. The Morgan fingerprint density at radius 1 is 1.33 bits per heavy atom. The standard InChI is InChI=1S/C16H19N5/c1-20-15-6-4-5-14(13(15)11-19-20)17-9-12-10-18-16-7-2-3-8-21(12)16/h2-3,7-8,10-11,14,17H,4-6,9H2,1H3. The molecule has 0 saturated carbocycles. The number of hydrogen-bond acceptors (Lipinski definition) is 3. The minimum Gasteiger partial charge on any atom is -0.304 e. The summed E-state index contributed by atoms with van der Waals surface area (Å²) < 4.78 is 4.15. The molecule has 0 radical (unpaired) electrons. The van der Waals surface area contributed by atoms with Crippen molar-refractivity contribution in [3.8, 4) is 0 Å². The van der Waals surface area contributed by atoms with Crippen molar-refractivity contribution in [3.63, 3.8) is 0 Å². The number of pyridine rings is 1. The molecule has 5 nitrogen and oxygen atoms in total. The number of hydrogen-bond donors (Lipinski definition) is 1. The lowest BCUT2D eigenvalue weighted by molar-refractivity contribution is 0.448. The van der Waals surface area contributed by atoms with Gasteiger partial charge in [-0.2, -0.15) is 5.10 Å². The van der Waals surface area contributed by atoms with Gasteiger partial charge in [0.05, 0.1) is 18.1 Å². The van der Waals surface area contributed by atoms with E-state index < -0.39 is 0 Å². The molecule has 1 atom stereocenters. The van der Waals surface area contributed by atoms with E-state index in [-0.39, 0.29) is 0 Å². The molecule has 4 rings (SSSR count). The molecular formula is C16H19N5. The number of rotatable bonds is 3. The molecule has 3 heterocycles. The van der Waals surface area contributed by atoms with Crippen LogP contribution in [0.25, 0.3) is 5.65 Å². The fraction of sp³-hybridized carbons (Fsp3) is 0.375. The molecule has 0 fully saturated rings. The number of aryl methyl sites for hydroxylation is 1. The fourth-order valence-electron chi connectivity index (χ4n) is 3.26. The monoisotopic (exact) mass is 281 g/mol. The van der Waals surface area contributed by atoms with Gasteiger partial charge in [-0.1, -0.05) is 6.07 Å². The van der Waals surface area contributed by atoms with Crippen LogP contribution in [-0.4, -0.2) is 19.2 Å². The predicted octanol–water partition coefficient (Wildman–Crippen LogP) is 2.24. The molecule has 21 heavy (non-hydrogen) atoms. The fourth-order valence-corrected chi connectivity index (χ4v) is 3.26. The number of nitrogens with zero attached hydrogens (tertiary/aromatic N) is 4. The van der Waals surface area contributed by atoms with Crippen molar-refractivity contribution in [2.24, 2.45) is 7.05 Å². The Kier molecular flexibility index (Phi) is 3.00. The molecule has 0 saturated heterocycles. The molecule has 0 bridgehead atoms. The van der Waals surface area contributed by atoms with Gasteiger partial charge in [-0.15, -0.1) is 0 Å². The third-order valence-electron chi connectivity index (χ3n) is 4.40. The number of nitrogens with one attached hydrogen (secondary N) is 1. The summed E-state index contributed by atoms with van der Waals surface area (Å²) in [5, 5.41) is 8.07. The van der Waals surface area contributed by atoms with Gasteiger partial charge in [0.1, 0.15) is 5.65 Å². The van der Waals surface area contributed by atoms with Crippen molar-refractivity contribution < 1.29 is 0 Å². The highest BCUT2D eigenvalue weighted by atomic mass is 15.3. The van der Waals surface area contributed by atoms with Crippen LogP contribution < -0.4 is 5.32 Å². The van der Waals surface area contributed by atoms with Crippen LogP contribution in [0.2, 0.25) is 0 Å². The smallest absolute Gasteiger partial charge is 0.136 e. The van der Waals surface area contributed by atoms with E-state index in [0.717, 1.165) is 18.6 Å². The highest BCUT2D eigenvalue weighted by molar-refractivity contribution is 5.39. The Labute approximate surface area is 123 Å². The Morgan fingerprint density at radius 2 is 2.29 bits per heavy atom. The summed E-state index contributed by atoms with van der Waals surface area (Å²) in [4.78, 5) is 4.44. The topological polar surface area (TPSA) is 47.2 Å². The van der Waals surface area contributed by atoms with Crippen molar-refractivity contribution in [3.05, 3.63) is 53.7 Å². The van der Waals surface area contributed by atoms with Gasteiger partial charge in [-0.3, -0.25) is 4.68 Å². The van der Waals surface area contributed by atoms with Crippen LogP contribution in [0.3, 0.4) is 0 Å².